The molecular formula is C18H17N5O2S2. The lowest BCUT2D eigenvalue weighted by molar-refractivity contribution is 0.415. The van der Waals surface area contributed by atoms with E-state index >= 15 is 0 Å². The summed E-state index contributed by atoms with van der Waals surface area (Å²) in [6.07, 6.45) is 1.74. The smallest absolute Gasteiger partial charge is 0.258 e. The number of hydrogen-bond acceptors (Lipinski definition) is 7. The Labute approximate surface area is 163 Å². The third-order valence-corrected chi connectivity index (χ3v) is 5.84. The van der Waals surface area contributed by atoms with E-state index in [0.717, 1.165) is 34.5 Å². The van der Waals surface area contributed by atoms with Gasteiger partial charge in [0.1, 0.15) is 5.75 Å². The molecule has 0 atom stereocenters. The summed E-state index contributed by atoms with van der Waals surface area (Å²) in [6.45, 7) is 2.81. The molecule has 0 fully saturated rings. The summed E-state index contributed by atoms with van der Waals surface area (Å²) >= 11 is 2.97. The number of rotatable bonds is 6. The van der Waals surface area contributed by atoms with Gasteiger partial charge < -0.3 is 9.30 Å². The second-order valence-corrected chi connectivity index (χ2v) is 7.52. The van der Waals surface area contributed by atoms with Gasteiger partial charge in [0.25, 0.3) is 5.56 Å². The van der Waals surface area contributed by atoms with Crippen molar-refractivity contribution in [3.63, 3.8) is 0 Å². The van der Waals surface area contributed by atoms with Gasteiger partial charge in [-0.05, 0) is 31.2 Å². The topological polar surface area (TPSA) is 74.3 Å². The highest BCUT2D eigenvalue weighted by atomic mass is 32.2. The SMILES string of the molecule is CCn1c(SCc2cc(=O)n3ccsc3n2)nnc1-c1ccc(OC)cc1. The Morgan fingerprint density at radius 3 is 2.78 bits per heavy atom. The Morgan fingerprint density at radius 1 is 1.22 bits per heavy atom. The lowest BCUT2D eigenvalue weighted by Gasteiger charge is -2.08. The van der Waals surface area contributed by atoms with E-state index in [0.29, 0.717) is 10.7 Å². The summed E-state index contributed by atoms with van der Waals surface area (Å²) in [5.74, 6) is 2.17. The van der Waals surface area contributed by atoms with Gasteiger partial charge in [0, 0.05) is 35.5 Å². The van der Waals surface area contributed by atoms with E-state index < -0.39 is 0 Å². The van der Waals surface area contributed by atoms with Gasteiger partial charge in [-0.2, -0.15) is 0 Å². The average molecular weight is 400 g/mol. The first kappa shape index (κ1) is 17.7. The van der Waals surface area contributed by atoms with Crippen molar-refractivity contribution in [2.45, 2.75) is 24.4 Å². The Kier molecular flexibility index (Phi) is 4.95. The van der Waals surface area contributed by atoms with E-state index in [9.17, 15) is 4.79 Å². The third kappa shape index (κ3) is 3.47. The molecule has 0 aliphatic carbocycles. The Bertz CT molecular complexity index is 1130. The molecule has 0 saturated carbocycles. The van der Waals surface area contributed by atoms with Gasteiger partial charge >= 0.3 is 0 Å². The maximum absolute atomic E-state index is 12.1. The number of fused-ring (bicyclic) bond motifs is 1. The molecule has 0 aliphatic heterocycles. The molecule has 0 amide bonds. The Balaban J connectivity index is 1.58. The van der Waals surface area contributed by atoms with Crippen molar-refractivity contribution in [3.05, 3.63) is 58.0 Å². The molecule has 3 heterocycles. The summed E-state index contributed by atoms with van der Waals surface area (Å²) < 4.78 is 8.82. The predicted octanol–water partition coefficient (Wildman–Crippen LogP) is 3.34. The first-order valence-electron chi connectivity index (χ1n) is 8.36. The van der Waals surface area contributed by atoms with Crippen molar-refractivity contribution >= 4 is 28.1 Å². The highest BCUT2D eigenvalue weighted by molar-refractivity contribution is 7.98. The molecule has 3 aromatic heterocycles. The zero-order valence-electron chi connectivity index (χ0n) is 14.8. The van der Waals surface area contributed by atoms with E-state index in [1.54, 1.807) is 23.8 Å². The molecule has 4 aromatic rings. The maximum Gasteiger partial charge on any atom is 0.258 e. The highest BCUT2D eigenvalue weighted by Crippen LogP contribution is 2.27. The van der Waals surface area contributed by atoms with Gasteiger partial charge in [-0.25, -0.2) is 4.98 Å². The molecule has 0 saturated heterocycles. The van der Waals surface area contributed by atoms with Crippen LogP contribution in [0.2, 0.25) is 0 Å². The second kappa shape index (κ2) is 7.53. The molecule has 9 heteroatoms. The lowest BCUT2D eigenvalue weighted by atomic mass is 10.2. The van der Waals surface area contributed by atoms with E-state index in [4.69, 9.17) is 4.74 Å². The minimum Gasteiger partial charge on any atom is -0.497 e. The first-order chi connectivity index (χ1) is 13.2. The van der Waals surface area contributed by atoms with Gasteiger partial charge in [0.2, 0.25) is 0 Å². The fourth-order valence-corrected chi connectivity index (χ4v) is 4.37. The lowest BCUT2D eigenvalue weighted by Crippen LogP contribution is -2.12. The van der Waals surface area contributed by atoms with Crippen LogP contribution in [-0.4, -0.2) is 31.3 Å². The zero-order valence-corrected chi connectivity index (χ0v) is 16.5. The quantitative estimate of drug-likeness (QED) is 0.463. The predicted molar refractivity (Wildman–Crippen MR) is 107 cm³/mol. The van der Waals surface area contributed by atoms with Crippen LogP contribution in [0.1, 0.15) is 12.6 Å². The molecule has 0 bridgehead atoms. The molecule has 0 N–H and O–H groups in total. The fraction of sp³-hybridized carbons (Fsp3) is 0.222. The molecule has 0 spiro atoms. The molecule has 138 valence electrons. The summed E-state index contributed by atoms with van der Waals surface area (Å²) in [6, 6.07) is 9.33. The number of nitrogens with zero attached hydrogens (tertiary/aromatic N) is 5. The van der Waals surface area contributed by atoms with Crippen LogP contribution in [0.5, 0.6) is 5.75 Å². The van der Waals surface area contributed by atoms with Gasteiger partial charge in [0.15, 0.2) is 15.9 Å². The highest BCUT2D eigenvalue weighted by Gasteiger charge is 2.14. The van der Waals surface area contributed by atoms with Crippen molar-refractivity contribution in [3.8, 4) is 17.1 Å². The van der Waals surface area contributed by atoms with Gasteiger partial charge in [-0.15, -0.1) is 21.5 Å². The minimum atomic E-state index is -0.0623. The normalized spacial score (nSPS) is 11.2. The Hall–Kier alpha value is -2.65. The van der Waals surface area contributed by atoms with Crippen molar-refractivity contribution < 1.29 is 4.74 Å². The van der Waals surface area contributed by atoms with Crippen molar-refractivity contribution in [2.75, 3.05) is 7.11 Å². The average Bonchev–Trinajstić information content (AvgIpc) is 3.33. The summed E-state index contributed by atoms with van der Waals surface area (Å²) in [5, 5.41) is 11.3. The van der Waals surface area contributed by atoms with Crippen LogP contribution >= 0.6 is 23.1 Å². The zero-order chi connectivity index (χ0) is 18.8. The molecule has 27 heavy (non-hydrogen) atoms. The monoisotopic (exact) mass is 399 g/mol. The van der Waals surface area contributed by atoms with Crippen LogP contribution in [0, 0.1) is 0 Å². The largest absolute Gasteiger partial charge is 0.497 e. The summed E-state index contributed by atoms with van der Waals surface area (Å²) in [4.78, 5) is 17.4. The first-order valence-corrected chi connectivity index (χ1v) is 10.2. The minimum absolute atomic E-state index is 0.0623. The number of thiazole rings is 1. The number of aromatic nitrogens is 5. The van der Waals surface area contributed by atoms with E-state index in [-0.39, 0.29) is 5.56 Å². The number of methoxy groups -OCH3 is 1. The van der Waals surface area contributed by atoms with Crippen molar-refractivity contribution in [1.29, 1.82) is 0 Å². The molecule has 1 aromatic carbocycles. The molecule has 7 nitrogen and oxygen atoms in total. The summed E-state index contributed by atoms with van der Waals surface area (Å²) in [7, 11) is 1.64. The van der Waals surface area contributed by atoms with Crippen LogP contribution in [0.3, 0.4) is 0 Å². The molecule has 0 unspecified atom stereocenters. The molecule has 0 radical (unpaired) electrons. The maximum atomic E-state index is 12.1. The van der Waals surface area contributed by atoms with Crippen LogP contribution in [0.4, 0.5) is 0 Å². The van der Waals surface area contributed by atoms with Gasteiger partial charge in [0.05, 0.1) is 12.8 Å². The van der Waals surface area contributed by atoms with E-state index in [1.807, 2.05) is 29.6 Å². The number of ether oxygens (including phenoxy) is 1. The van der Waals surface area contributed by atoms with Crippen LogP contribution in [0.15, 0.2) is 51.9 Å². The molecule has 4 rings (SSSR count). The van der Waals surface area contributed by atoms with Crippen molar-refractivity contribution in [1.82, 2.24) is 24.1 Å². The molecular weight excluding hydrogens is 382 g/mol. The van der Waals surface area contributed by atoms with Crippen molar-refractivity contribution in [2.24, 2.45) is 0 Å². The fourth-order valence-electron chi connectivity index (χ4n) is 2.73. The standard InChI is InChI=1S/C18H17N5O2S2/c1-3-22-16(12-4-6-14(25-2)7-5-12)20-21-18(22)27-11-13-10-15(24)23-8-9-26-17(23)19-13/h4-10H,3,11H2,1-2H3. The van der Waals surface area contributed by atoms with Crippen LogP contribution < -0.4 is 10.3 Å². The van der Waals surface area contributed by atoms with Crippen LogP contribution in [-0.2, 0) is 12.3 Å². The second-order valence-electron chi connectivity index (χ2n) is 5.71. The van der Waals surface area contributed by atoms with E-state index in [1.165, 1.54) is 23.1 Å². The third-order valence-electron chi connectivity index (χ3n) is 4.09. The Morgan fingerprint density at radius 2 is 2.04 bits per heavy atom. The van der Waals surface area contributed by atoms with Gasteiger partial charge in [-0.1, -0.05) is 11.8 Å². The number of benzene rings is 1. The van der Waals surface area contributed by atoms with Crippen LogP contribution in [0.25, 0.3) is 16.3 Å². The molecule has 0 aliphatic rings. The van der Waals surface area contributed by atoms with E-state index in [2.05, 4.69) is 26.7 Å². The number of hydrogen-bond donors (Lipinski definition) is 0. The number of thioether (sulfide) groups is 1. The van der Waals surface area contributed by atoms with Gasteiger partial charge in [-0.3, -0.25) is 9.20 Å². The summed E-state index contributed by atoms with van der Waals surface area (Å²) in [5.41, 5.74) is 1.66.